The quantitative estimate of drug-likeness (QED) is 0.589. The van der Waals surface area contributed by atoms with Gasteiger partial charge in [-0.3, -0.25) is 9.89 Å². The Kier molecular flexibility index (Phi) is 6.85. The molecule has 0 aliphatic heterocycles. The zero-order valence-electron chi connectivity index (χ0n) is 16.2. The summed E-state index contributed by atoms with van der Waals surface area (Å²) in [6.45, 7) is 2.56. The van der Waals surface area contributed by atoms with Crippen LogP contribution in [0, 0.1) is 6.92 Å². The maximum Gasteiger partial charge on any atom is 0.254 e. The van der Waals surface area contributed by atoms with E-state index in [1.807, 2.05) is 6.92 Å². The molecule has 7 nitrogen and oxygen atoms in total. The summed E-state index contributed by atoms with van der Waals surface area (Å²) in [7, 11) is -3.52. The lowest BCUT2D eigenvalue weighted by molar-refractivity contribution is 0.0951. The summed E-state index contributed by atoms with van der Waals surface area (Å²) in [5, 5.41) is 9.92. The van der Waals surface area contributed by atoms with Crippen LogP contribution in [0.5, 0.6) is 0 Å². The molecule has 1 amide bonds. The molecule has 0 bridgehead atoms. The van der Waals surface area contributed by atoms with Gasteiger partial charge in [-0.2, -0.15) is 5.10 Å². The largest absolute Gasteiger partial charge is 0.352 e. The first-order valence-electron chi connectivity index (χ1n) is 9.85. The lowest BCUT2D eigenvalue weighted by atomic mass is 9.85. The molecule has 0 saturated heterocycles. The summed E-state index contributed by atoms with van der Waals surface area (Å²) < 4.78 is 27.0. The van der Waals surface area contributed by atoms with Crippen LogP contribution in [0.25, 0.3) is 0 Å². The van der Waals surface area contributed by atoms with Crippen molar-refractivity contribution in [2.45, 2.75) is 56.3 Å². The fourth-order valence-electron chi connectivity index (χ4n) is 3.57. The van der Waals surface area contributed by atoms with Crippen LogP contribution >= 0.6 is 0 Å². The van der Waals surface area contributed by atoms with Gasteiger partial charge in [0, 0.05) is 19.0 Å². The van der Waals surface area contributed by atoms with Gasteiger partial charge in [0.1, 0.15) is 0 Å². The molecule has 0 atom stereocenters. The molecule has 2 aromatic rings. The first kappa shape index (κ1) is 20.5. The number of amides is 1. The smallest absolute Gasteiger partial charge is 0.254 e. The molecular formula is C20H28N4O3S. The lowest BCUT2D eigenvalue weighted by Gasteiger charge is -2.21. The summed E-state index contributed by atoms with van der Waals surface area (Å²) in [5.74, 6) is 0.217. The van der Waals surface area contributed by atoms with Crippen LogP contribution in [0.3, 0.4) is 0 Å². The van der Waals surface area contributed by atoms with Crippen LogP contribution in [0.15, 0.2) is 35.4 Å². The number of aromatic amines is 1. The van der Waals surface area contributed by atoms with Gasteiger partial charge in [0.05, 0.1) is 22.3 Å². The first-order valence-corrected chi connectivity index (χ1v) is 11.3. The van der Waals surface area contributed by atoms with Crippen molar-refractivity contribution in [3.05, 3.63) is 47.3 Å². The topological polar surface area (TPSA) is 104 Å². The maximum absolute atomic E-state index is 12.5. The zero-order valence-corrected chi connectivity index (χ0v) is 17.0. The third-order valence-corrected chi connectivity index (χ3v) is 6.67. The number of carbonyl (C=O) groups excluding carboxylic acids is 1. The third kappa shape index (κ3) is 5.20. The molecule has 1 heterocycles. The predicted molar refractivity (Wildman–Crippen MR) is 108 cm³/mol. The van der Waals surface area contributed by atoms with Crippen molar-refractivity contribution >= 4 is 15.9 Å². The highest BCUT2D eigenvalue weighted by Crippen LogP contribution is 2.33. The average molecular weight is 405 g/mol. The zero-order chi connectivity index (χ0) is 20.0. The second kappa shape index (κ2) is 9.34. The van der Waals surface area contributed by atoms with Gasteiger partial charge >= 0.3 is 0 Å². The van der Waals surface area contributed by atoms with E-state index in [1.54, 1.807) is 30.5 Å². The van der Waals surface area contributed by atoms with Crippen molar-refractivity contribution < 1.29 is 13.2 Å². The minimum atomic E-state index is -3.52. The number of hydrogen-bond donors (Lipinski definition) is 3. The summed E-state index contributed by atoms with van der Waals surface area (Å²) in [5.41, 5.74) is 2.54. The van der Waals surface area contributed by atoms with Gasteiger partial charge in [-0.1, -0.05) is 37.0 Å². The van der Waals surface area contributed by atoms with Gasteiger partial charge in [-0.25, -0.2) is 13.1 Å². The van der Waals surface area contributed by atoms with Crippen LogP contribution in [-0.4, -0.2) is 37.6 Å². The summed E-state index contributed by atoms with van der Waals surface area (Å²) in [6, 6.07) is 6.71. The molecule has 1 aliphatic carbocycles. The van der Waals surface area contributed by atoms with Gasteiger partial charge in [-0.15, -0.1) is 0 Å². The number of sulfonamides is 1. The van der Waals surface area contributed by atoms with Crippen molar-refractivity contribution in [3.63, 3.8) is 0 Å². The third-order valence-electron chi connectivity index (χ3n) is 5.19. The summed E-state index contributed by atoms with van der Waals surface area (Å²) in [6.07, 6.45) is 7.89. The van der Waals surface area contributed by atoms with Gasteiger partial charge < -0.3 is 5.32 Å². The average Bonchev–Trinajstić information content (AvgIpc) is 3.18. The number of aromatic nitrogens is 2. The Morgan fingerprint density at radius 3 is 2.57 bits per heavy atom. The minimum Gasteiger partial charge on any atom is -0.352 e. The number of carbonyl (C=O) groups is 1. The molecule has 1 aliphatic rings. The Bertz CT molecular complexity index is 884. The van der Waals surface area contributed by atoms with E-state index >= 15 is 0 Å². The van der Waals surface area contributed by atoms with E-state index in [-0.39, 0.29) is 17.3 Å². The second-order valence-corrected chi connectivity index (χ2v) is 9.12. The Labute approximate surface area is 166 Å². The molecule has 3 N–H and O–H groups in total. The summed E-state index contributed by atoms with van der Waals surface area (Å²) in [4.78, 5) is 12.7. The van der Waals surface area contributed by atoms with E-state index in [1.165, 1.54) is 19.3 Å². The molecule has 152 valence electrons. The van der Waals surface area contributed by atoms with E-state index in [0.717, 1.165) is 24.1 Å². The maximum atomic E-state index is 12.5. The molecule has 1 saturated carbocycles. The van der Waals surface area contributed by atoms with Crippen LogP contribution in [-0.2, 0) is 10.0 Å². The van der Waals surface area contributed by atoms with Gasteiger partial charge in [0.2, 0.25) is 10.0 Å². The summed E-state index contributed by atoms with van der Waals surface area (Å²) >= 11 is 0. The number of H-pyrrole nitrogens is 1. The number of benzene rings is 1. The minimum absolute atomic E-state index is 0.157. The van der Waals surface area contributed by atoms with Crippen molar-refractivity contribution in [1.82, 2.24) is 20.2 Å². The normalized spacial score (nSPS) is 15.5. The van der Waals surface area contributed by atoms with E-state index in [0.29, 0.717) is 24.4 Å². The SMILES string of the molecule is Cc1ccc(S(=O)(=O)NCCCNC(=O)c2cn[nH]c2C2CCCCC2)cc1. The van der Waals surface area contributed by atoms with E-state index in [2.05, 4.69) is 20.2 Å². The van der Waals surface area contributed by atoms with Gasteiger partial charge in [-0.05, 0) is 38.3 Å². The Hall–Kier alpha value is -2.19. The molecule has 0 unspecified atom stereocenters. The Morgan fingerprint density at radius 1 is 1.14 bits per heavy atom. The van der Waals surface area contributed by atoms with Crippen LogP contribution in [0.2, 0.25) is 0 Å². The standard InChI is InChI=1S/C20H28N4O3S/c1-15-8-10-17(11-9-15)28(26,27)23-13-5-12-21-20(25)18-14-22-24-19(18)16-6-3-2-4-7-16/h8-11,14,16,23H,2-7,12-13H2,1H3,(H,21,25)(H,22,24). The van der Waals surface area contributed by atoms with Crippen molar-refractivity contribution in [2.75, 3.05) is 13.1 Å². The second-order valence-electron chi connectivity index (χ2n) is 7.35. The Balaban J connectivity index is 1.45. The highest BCUT2D eigenvalue weighted by Gasteiger charge is 2.23. The monoisotopic (exact) mass is 404 g/mol. The molecule has 3 rings (SSSR count). The first-order chi connectivity index (χ1) is 13.5. The van der Waals surface area contributed by atoms with Crippen molar-refractivity contribution in [3.8, 4) is 0 Å². The molecule has 1 aromatic heterocycles. The molecule has 0 spiro atoms. The lowest BCUT2D eigenvalue weighted by Crippen LogP contribution is -2.30. The molecule has 8 heteroatoms. The Morgan fingerprint density at radius 2 is 1.86 bits per heavy atom. The number of hydrogen-bond acceptors (Lipinski definition) is 4. The van der Waals surface area contributed by atoms with E-state index < -0.39 is 10.0 Å². The molecule has 1 fully saturated rings. The number of aryl methyl sites for hydroxylation is 1. The fourth-order valence-corrected chi connectivity index (χ4v) is 4.65. The number of rotatable bonds is 8. The number of nitrogens with zero attached hydrogens (tertiary/aromatic N) is 1. The molecule has 0 radical (unpaired) electrons. The van der Waals surface area contributed by atoms with E-state index in [4.69, 9.17) is 0 Å². The van der Waals surface area contributed by atoms with Gasteiger partial charge in [0.25, 0.3) is 5.91 Å². The molecular weight excluding hydrogens is 376 g/mol. The van der Waals surface area contributed by atoms with Crippen molar-refractivity contribution in [2.24, 2.45) is 0 Å². The van der Waals surface area contributed by atoms with Crippen LogP contribution < -0.4 is 10.0 Å². The number of nitrogens with one attached hydrogen (secondary N) is 3. The highest BCUT2D eigenvalue weighted by atomic mass is 32.2. The van der Waals surface area contributed by atoms with Crippen LogP contribution in [0.1, 0.15) is 66.1 Å². The highest BCUT2D eigenvalue weighted by molar-refractivity contribution is 7.89. The molecule has 28 heavy (non-hydrogen) atoms. The van der Waals surface area contributed by atoms with Crippen LogP contribution in [0.4, 0.5) is 0 Å². The van der Waals surface area contributed by atoms with Gasteiger partial charge in [0.15, 0.2) is 0 Å². The van der Waals surface area contributed by atoms with Crippen molar-refractivity contribution in [1.29, 1.82) is 0 Å². The van der Waals surface area contributed by atoms with E-state index in [9.17, 15) is 13.2 Å². The molecule has 1 aromatic carbocycles. The fraction of sp³-hybridized carbons (Fsp3) is 0.500. The predicted octanol–water partition coefficient (Wildman–Crippen LogP) is 2.86.